The number of rotatable bonds is 1. The topological polar surface area (TPSA) is 0 Å². The first-order chi connectivity index (χ1) is 3.80. The van der Waals surface area contributed by atoms with Crippen molar-refractivity contribution in [3.63, 3.8) is 0 Å². The summed E-state index contributed by atoms with van der Waals surface area (Å²) in [5.74, 6) is 0. The van der Waals surface area contributed by atoms with E-state index in [1.165, 1.54) is 6.42 Å². The van der Waals surface area contributed by atoms with Crippen molar-refractivity contribution in [3.8, 4) is 0 Å². The average Bonchev–Trinajstić information content (AvgIpc) is 2.12. The maximum Gasteiger partial charge on any atom is -0.147 e. The van der Waals surface area contributed by atoms with Crippen molar-refractivity contribution in [3.05, 3.63) is 23.8 Å². The molecular weight excluding hydrogens is 203 g/mol. The summed E-state index contributed by atoms with van der Waals surface area (Å²) in [5.41, 5.74) is 1.56. The molecule has 0 aromatic rings. The van der Waals surface area contributed by atoms with E-state index in [1.807, 2.05) is 0 Å². The Bertz CT molecular complexity index is 139. The standard InChI is InChI=1S/C7H9.2ClH.Ti/c1-2-7-5-3-4-6-7;;;/h2-5H,6H2,1H3;2*1H;. The van der Waals surface area contributed by atoms with Crippen molar-refractivity contribution < 1.29 is 20.4 Å². The van der Waals surface area contributed by atoms with Crippen molar-refractivity contribution in [1.82, 2.24) is 0 Å². The van der Waals surface area contributed by atoms with Gasteiger partial charge in [0.05, 0.1) is 0 Å². The van der Waals surface area contributed by atoms with Crippen molar-refractivity contribution in [2.45, 2.75) is 17.6 Å². The van der Waals surface area contributed by atoms with Gasteiger partial charge < -0.3 is 0 Å². The molecule has 0 aliphatic heterocycles. The predicted octanol–water partition coefficient (Wildman–Crippen LogP) is 3.07. The van der Waals surface area contributed by atoms with Gasteiger partial charge in [-0.2, -0.15) is 0 Å². The molecule has 0 N–H and O–H groups in total. The van der Waals surface area contributed by atoms with Gasteiger partial charge in [-0.05, 0) is 0 Å². The molecule has 0 spiro atoms. The van der Waals surface area contributed by atoms with Gasteiger partial charge in [0.2, 0.25) is 0 Å². The molecule has 0 bridgehead atoms. The SMILES string of the molecule is C[CH]([Ti])C1=CC=CC1.Cl.Cl. The molecule has 57 valence electrons. The van der Waals surface area contributed by atoms with Crippen LogP contribution in [0.15, 0.2) is 23.8 Å². The molecule has 0 radical (unpaired) electrons. The normalized spacial score (nSPS) is 16.6. The van der Waals surface area contributed by atoms with Gasteiger partial charge >= 0.3 is 61.8 Å². The second kappa shape index (κ2) is 6.48. The van der Waals surface area contributed by atoms with Crippen LogP contribution in [-0.4, -0.2) is 0 Å². The molecule has 1 rings (SSSR count). The quantitative estimate of drug-likeness (QED) is 0.588. The Morgan fingerprint density at radius 2 is 2.10 bits per heavy atom. The smallest absolute Gasteiger partial charge is 0.147 e. The number of hydrogen-bond acceptors (Lipinski definition) is 0. The zero-order valence-corrected chi connectivity index (χ0v) is 9.03. The van der Waals surface area contributed by atoms with E-state index in [4.69, 9.17) is 0 Å². The maximum atomic E-state index is 2.23. The van der Waals surface area contributed by atoms with E-state index in [2.05, 4.69) is 45.6 Å². The van der Waals surface area contributed by atoms with E-state index in [1.54, 1.807) is 5.57 Å². The molecule has 3 heteroatoms. The van der Waals surface area contributed by atoms with Crippen LogP contribution < -0.4 is 0 Å². The largest absolute Gasteiger partial charge is 0.147 e. The molecule has 0 amide bonds. The predicted molar refractivity (Wildman–Crippen MR) is 45.8 cm³/mol. The van der Waals surface area contributed by atoms with Gasteiger partial charge in [-0.1, -0.05) is 0 Å². The second-order valence-corrected chi connectivity index (χ2v) is 3.45. The summed E-state index contributed by atoms with van der Waals surface area (Å²) in [4.78, 5) is 0. The summed E-state index contributed by atoms with van der Waals surface area (Å²) in [6.45, 7) is 2.23. The van der Waals surface area contributed by atoms with Crippen LogP contribution in [0.3, 0.4) is 0 Å². The van der Waals surface area contributed by atoms with Crippen LogP contribution in [0.4, 0.5) is 0 Å². The van der Waals surface area contributed by atoms with Crippen molar-refractivity contribution >= 4 is 24.8 Å². The fraction of sp³-hybridized carbons (Fsp3) is 0.429. The van der Waals surface area contributed by atoms with Gasteiger partial charge in [0.15, 0.2) is 0 Å². The van der Waals surface area contributed by atoms with Crippen LogP contribution in [0.1, 0.15) is 13.3 Å². The molecule has 1 aliphatic carbocycles. The minimum absolute atomic E-state index is 0. The van der Waals surface area contributed by atoms with Crippen molar-refractivity contribution in [1.29, 1.82) is 0 Å². The molecule has 1 atom stereocenters. The Balaban J connectivity index is 0. The molecule has 1 aliphatic rings. The maximum absolute atomic E-state index is 2.23. The van der Waals surface area contributed by atoms with E-state index >= 15 is 0 Å². The minimum atomic E-state index is 0. The zero-order chi connectivity index (χ0) is 5.98. The molecule has 1 unspecified atom stereocenters. The third-order valence-electron chi connectivity index (χ3n) is 1.36. The summed E-state index contributed by atoms with van der Waals surface area (Å²) in [7, 11) is 0. The Morgan fingerprint density at radius 1 is 1.50 bits per heavy atom. The summed E-state index contributed by atoms with van der Waals surface area (Å²) in [6, 6.07) is 0. The van der Waals surface area contributed by atoms with Gasteiger partial charge in [0.1, 0.15) is 0 Å². The van der Waals surface area contributed by atoms with Crippen LogP contribution in [0, 0.1) is 0 Å². The molecule has 10 heavy (non-hydrogen) atoms. The van der Waals surface area contributed by atoms with Gasteiger partial charge in [-0.25, -0.2) is 0 Å². The fourth-order valence-corrected chi connectivity index (χ4v) is 1.12. The van der Waals surface area contributed by atoms with Crippen LogP contribution >= 0.6 is 24.8 Å². The zero-order valence-electron chi connectivity index (χ0n) is 5.83. The monoisotopic (exact) mass is 213 g/mol. The molecule has 0 saturated heterocycles. The van der Waals surface area contributed by atoms with Crippen LogP contribution in [-0.2, 0) is 20.4 Å². The molecular formula is C7H11Cl2Ti. The van der Waals surface area contributed by atoms with E-state index in [9.17, 15) is 0 Å². The molecule has 0 heterocycles. The van der Waals surface area contributed by atoms with Crippen LogP contribution in [0.2, 0.25) is 4.22 Å². The van der Waals surface area contributed by atoms with Gasteiger partial charge in [-0.15, -0.1) is 24.8 Å². The number of halogens is 2. The van der Waals surface area contributed by atoms with Crippen molar-refractivity contribution in [2.24, 2.45) is 0 Å². The average molecular weight is 214 g/mol. The van der Waals surface area contributed by atoms with E-state index in [-0.39, 0.29) is 24.8 Å². The number of allylic oxidation sites excluding steroid dienone is 4. The summed E-state index contributed by atoms with van der Waals surface area (Å²) >= 11 is 2.23. The summed E-state index contributed by atoms with van der Waals surface area (Å²) in [6.07, 6.45) is 7.73. The molecule has 0 saturated carbocycles. The molecule has 0 aromatic heterocycles. The first kappa shape index (κ1) is 13.4. The fourth-order valence-electron chi connectivity index (χ4n) is 0.785. The van der Waals surface area contributed by atoms with E-state index < -0.39 is 0 Å². The third-order valence-corrected chi connectivity index (χ3v) is 1.94. The third kappa shape index (κ3) is 3.83. The Kier molecular flexibility index (Phi) is 8.67. The van der Waals surface area contributed by atoms with E-state index in [0.717, 1.165) is 4.22 Å². The molecule has 0 fully saturated rings. The van der Waals surface area contributed by atoms with Crippen molar-refractivity contribution in [2.75, 3.05) is 0 Å². The summed E-state index contributed by atoms with van der Waals surface area (Å²) in [5, 5.41) is 0. The first-order valence-corrected chi connectivity index (χ1v) is 3.77. The Hall–Kier alpha value is 0.774. The van der Waals surface area contributed by atoms with Gasteiger partial charge in [0.25, 0.3) is 0 Å². The van der Waals surface area contributed by atoms with Gasteiger partial charge in [0, 0.05) is 0 Å². The second-order valence-electron chi connectivity index (χ2n) is 2.10. The van der Waals surface area contributed by atoms with Gasteiger partial charge in [-0.3, -0.25) is 0 Å². The first-order valence-electron chi connectivity index (χ1n) is 2.87. The molecule has 0 aromatic carbocycles. The Morgan fingerprint density at radius 3 is 2.30 bits per heavy atom. The summed E-state index contributed by atoms with van der Waals surface area (Å²) < 4.78 is 0.741. The minimum Gasteiger partial charge on any atom is -0.147 e. The van der Waals surface area contributed by atoms with E-state index in [0.29, 0.717) is 0 Å². The molecule has 0 nitrogen and oxygen atoms in total. The van der Waals surface area contributed by atoms with Crippen LogP contribution in [0.25, 0.3) is 0 Å². The number of hydrogen-bond donors (Lipinski definition) is 0. The Labute approximate surface area is 86.4 Å². The van der Waals surface area contributed by atoms with Crippen LogP contribution in [0.5, 0.6) is 0 Å².